The van der Waals surface area contributed by atoms with Crippen molar-refractivity contribution >= 4 is 23.8 Å². The molecule has 0 amide bonds. The van der Waals surface area contributed by atoms with Crippen molar-refractivity contribution in [3.63, 3.8) is 0 Å². The molecule has 12 heteroatoms. The number of nitrogens with zero attached hydrogens (tertiary/aromatic N) is 3. The molecule has 37 heavy (non-hydrogen) atoms. The average molecular weight is 550 g/mol. The minimum absolute atomic E-state index is 0.0301. The summed E-state index contributed by atoms with van der Waals surface area (Å²) in [5.74, 6) is 0. The zero-order valence-electron chi connectivity index (χ0n) is 20.3. The van der Waals surface area contributed by atoms with E-state index in [1.165, 1.54) is 4.90 Å². The fourth-order valence-corrected chi connectivity index (χ4v) is 4.05. The van der Waals surface area contributed by atoms with Crippen LogP contribution < -0.4 is 4.90 Å². The van der Waals surface area contributed by atoms with Gasteiger partial charge in [0.25, 0.3) is 6.47 Å². The number of rotatable bonds is 5. The molecule has 0 saturated carbocycles. The van der Waals surface area contributed by atoms with Gasteiger partial charge >= 0.3 is 12.4 Å². The Balaban J connectivity index is 0.000000717. The van der Waals surface area contributed by atoms with E-state index in [0.29, 0.717) is 43.0 Å². The van der Waals surface area contributed by atoms with Gasteiger partial charge in [-0.1, -0.05) is 17.7 Å². The minimum atomic E-state index is -4.94. The van der Waals surface area contributed by atoms with Gasteiger partial charge in [0.05, 0.1) is 29.8 Å². The summed E-state index contributed by atoms with van der Waals surface area (Å²) in [7, 11) is 1.86. The first kappa shape index (κ1) is 30.1. The topological polar surface area (TPSA) is 56.6 Å². The molecule has 0 saturated heterocycles. The number of fused-ring (bicyclic) bond motifs is 1. The molecule has 2 aromatic carbocycles. The second kappa shape index (κ2) is 12.4. The molecule has 5 nitrogen and oxygen atoms in total. The summed E-state index contributed by atoms with van der Waals surface area (Å²) in [6.45, 7) is 4.33. The lowest BCUT2D eigenvalue weighted by atomic mass is 9.98. The number of hydrogen-bond acceptors (Lipinski definition) is 5. The summed E-state index contributed by atoms with van der Waals surface area (Å²) in [5.41, 5.74) is -1.52. The molecule has 1 unspecified atom stereocenters. The van der Waals surface area contributed by atoms with Crippen LogP contribution in [0.15, 0.2) is 36.4 Å². The normalized spacial score (nSPS) is 15.6. The molecule has 202 valence electrons. The first-order valence-electron chi connectivity index (χ1n) is 11.2. The van der Waals surface area contributed by atoms with E-state index < -0.39 is 29.5 Å². The number of benzene rings is 2. The molecule has 0 aromatic heterocycles. The quantitative estimate of drug-likeness (QED) is 0.171. The van der Waals surface area contributed by atoms with E-state index in [9.17, 15) is 36.4 Å². The zero-order chi connectivity index (χ0) is 28.0. The van der Waals surface area contributed by atoms with Crippen molar-refractivity contribution in [1.82, 2.24) is 4.90 Å². The summed E-state index contributed by atoms with van der Waals surface area (Å²) in [5, 5.41) is 10.2. The van der Waals surface area contributed by atoms with Crippen LogP contribution in [0.4, 0.5) is 32.0 Å². The van der Waals surface area contributed by atoms with Crippen LogP contribution in [0, 0.1) is 11.5 Å². The average Bonchev–Trinajstić information content (AvgIpc) is 2.95. The molecule has 3 rings (SSSR count). The van der Waals surface area contributed by atoms with Gasteiger partial charge in [0.2, 0.25) is 0 Å². The minimum Gasteiger partial charge on any atom is -0.465 e. The number of nitriles is 1. The Morgan fingerprint density at radius 3 is 2.19 bits per heavy atom. The third kappa shape index (κ3) is 8.45. The van der Waals surface area contributed by atoms with E-state index in [4.69, 9.17) is 11.6 Å². The van der Waals surface area contributed by atoms with Gasteiger partial charge < -0.3 is 9.64 Å². The number of carbonyl (C=O) groups is 1. The van der Waals surface area contributed by atoms with Crippen molar-refractivity contribution in [1.29, 1.82) is 5.26 Å². The number of alkyl halides is 6. The maximum atomic E-state index is 13.2. The van der Waals surface area contributed by atoms with Crippen LogP contribution in [0.25, 0.3) is 0 Å². The summed E-state index contributed by atoms with van der Waals surface area (Å²) in [4.78, 5) is 12.6. The third-order valence-corrected chi connectivity index (χ3v) is 5.80. The highest BCUT2D eigenvalue weighted by atomic mass is 35.5. The van der Waals surface area contributed by atoms with Crippen LogP contribution in [0.1, 0.15) is 55.0 Å². The number of hydrogen-bond donors (Lipinski definition) is 0. The van der Waals surface area contributed by atoms with Crippen LogP contribution in [0.3, 0.4) is 0 Å². The van der Waals surface area contributed by atoms with Crippen molar-refractivity contribution < 1.29 is 35.9 Å². The number of carbonyl (C=O) groups excluding carboxylic acids is 1. The Bertz CT molecular complexity index is 1080. The van der Waals surface area contributed by atoms with E-state index in [-0.39, 0.29) is 24.3 Å². The van der Waals surface area contributed by atoms with E-state index in [1.54, 1.807) is 32.0 Å². The molecule has 1 heterocycles. The molecule has 0 spiro atoms. The Morgan fingerprint density at radius 1 is 1.14 bits per heavy atom. The maximum Gasteiger partial charge on any atom is 0.416 e. The molecule has 1 aliphatic heterocycles. The molecular formula is C25H26ClF6N3O2. The Morgan fingerprint density at radius 2 is 1.73 bits per heavy atom. The molecule has 0 radical (unpaired) electrons. The van der Waals surface area contributed by atoms with Crippen molar-refractivity contribution in [3.8, 4) is 6.19 Å². The summed E-state index contributed by atoms with van der Waals surface area (Å²) in [6.07, 6.45) is -6.71. The van der Waals surface area contributed by atoms with E-state index in [2.05, 4.69) is 4.74 Å². The van der Waals surface area contributed by atoms with Gasteiger partial charge in [-0.15, -0.1) is 0 Å². The van der Waals surface area contributed by atoms with Crippen molar-refractivity contribution in [2.24, 2.45) is 0 Å². The van der Waals surface area contributed by atoms with Crippen molar-refractivity contribution in [3.05, 3.63) is 63.7 Å². The van der Waals surface area contributed by atoms with Gasteiger partial charge in [-0.25, -0.2) is 0 Å². The zero-order valence-corrected chi connectivity index (χ0v) is 21.1. The Kier molecular flexibility index (Phi) is 10.1. The van der Waals surface area contributed by atoms with E-state index in [0.717, 1.165) is 11.3 Å². The lowest BCUT2D eigenvalue weighted by Crippen LogP contribution is -2.24. The summed E-state index contributed by atoms with van der Waals surface area (Å²) >= 11 is 6.09. The lowest BCUT2D eigenvalue weighted by molar-refractivity contribution is -0.143. The van der Waals surface area contributed by atoms with Crippen LogP contribution in [-0.4, -0.2) is 31.1 Å². The van der Waals surface area contributed by atoms with Crippen LogP contribution in [-0.2, 0) is 28.4 Å². The second-order valence-corrected chi connectivity index (χ2v) is 9.14. The first-order chi connectivity index (χ1) is 17.2. The fraction of sp³-hybridized carbons (Fsp3) is 0.440. The highest BCUT2D eigenvalue weighted by molar-refractivity contribution is 6.30. The van der Waals surface area contributed by atoms with Crippen LogP contribution in [0.5, 0.6) is 0 Å². The van der Waals surface area contributed by atoms with Gasteiger partial charge in [-0.3, -0.25) is 9.69 Å². The molecule has 0 N–H and O–H groups in total. The number of anilines is 1. The fourth-order valence-electron chi connectivity index (χ4n) is 3.88. The molecule has 2 aromatic rings. The monoisotopic (exact) mass is 549 g/mol. The smallest absolute Gasteiger partial charge is 0.416 e. The van der Waals surface area contributed by atoms with Crippen LogP contribution >= 0.6 is 11.6 Å². The van der Waals surface area contributed by atoms with Gasteiger partial charge in [0, 0.05) is 24.3 Å². The predicted octanol–water partition coefficient (Wildman–Crippen LogP) is 7.20. The predicted molar refractivity (Wildman–Crippen MR) is 127 cm³/mol. The molecule has 0 aliphatic carbocycles. The van der Waals surface area contributed by atoms with Gasteiger partial charge in [0.1, 0.15) is 0 Å². The number of ether oxygens (including phenoxy) is 1. The molecule has 1 atom stereocenters. The largest absolute Gasteiger partial charge is 0.465 e. The van der Waals surface area contributed by atoms with Gasteiger partial charge in [0.15, 0.2) is 6.19 Å². The molecule has 0 bridgehead atoms. The summed E-state index contributed by atoms with van der Waals surface area (Å²) < 4.78 is 83.4. The maximum absolute atomic E-state index is 13.2. The first-order valence-corrected chi connectivity index (χ1v) is 11.6. The molecular weight excluding hydrogens is 524 g/mol. The second-order valence-electron chi connectivity index (χ2n) is 8.71. The Labute approximate surface area is 216 Å². The Hall–Kier alpha value is -3.13. The standard InChI is InChI=1S/C21H18ClF6N3.C4H8O2/c1-30-6-2-3-18(17-5-4-16(22)10-19(17)30)31(12-29)11-13-7-14(20(23,24)25)9-15(8-13)21(26,27)28;1-4(2)6-3-5/h4-5,7-10,18H,2-3,6,11H2,1H3;3-4H,1-2H3. The van der Waals surface area contributed by atoms with E-state index in [1.807, 2.05) is 18.1 Å². The van der Waals surface area contributed by atoms with Gasteiger partial charge in [-0.2, -0.15) is 31.6 Å². The SMILES string of the molecule is CC(C)OC=O.CN1CCCC(N(C#N)Cc2cc(C(F)(F)F)cc(C(F)(F)F)c2)c2ccc(Cl)cc21. The highest BCUT2D eigenvalue weighted by Crippen LogP contribution is 2.40. The van der Waals surface area contributed by atoms with Crippen LogP contribution in [0.2, 0.25) is 5.02 Å². The highest BCUT2D eigenvalue weighted by Gasteiger charge is 2.37. The summed E-state index contributed by atoms with van der Waals surface area (Å²) in [6, 6.07) is 6.01. The van der Waals surface area contributed by atoms with Crippen molar-refractivity contribution in [2.75, 3.05) is 18.5 Å². The number of halogens is 7. The third-order valence-electron chi connectivity index (χ3n) is 5.57. The molecule has 1 aliphatic rings. The van der Waals surface area contributed by atoms with E-state index >= 15 is 0 Å². The van der Waals surface area contributed by atoms with Gasteiger partial charge in [-0.05, 0) is 68.1 Å². The lowest BCUT2D eigenvalue weighted by Gasteiger charge is -2.29. The van der Waals surface area contributed by atoms with Crippen molar-refractivity contribution in [2.45, 2.75) is 57.7 Å². The molecule has 0 fully saturated rings.